The molecule has 150 valence electrons. The highest BCUT2D eigenvalue weighted by Crippen LogP contribution is 2.19. The van der Waals surface area contributed by atoms with Crippen molar-refractivity contribution in [1.82, 2.24) is 9.97 Å². The zero-order valence-electron chi connectivity index (χ0n) is 17.0. The van der Waals surface area contributed by atoms with Crippen LogP contribution in [0.5, 0.6) is 5.75 Å². The van der Waals surface area contributed by atoms with Crippen LogP contribution >= 0.6 is 0 Å². The molecule has 0 aliphatic carbocycles. The van der Waals surface area contributed by atoms with Crippen LogP contribution < -0.4 is 15.4 Å². The third-order valence-corrected chi connectivity index (χ3v) is 4.22. The Morgan fingerprint density at radius 3 is 2.34 bits per heavy atom. The first kappa shape index (κ1) is 20.3. The number of amides is 1. The summed E-state index contributed by atoms with van der Waals surface area (Å²) in [5.41, 5.74) is 4.52. The molecule has 0 atom stereocenters. The van der Waals surface area contributed by atoms with Crippen LogP contribution in [0.3, 0.4) is 0 Å². The minimum Gasteiger partial charge on any atom is -0.484 e. The fourth-order valence-electron chi connectivity index (χ4n) is 2.97. The van der Waals surface area contributed by atoms with Crippen molar-refractivity contribution in [3.05, 3.63) is 71.5 Å². The molecule has 0 aliphatic heterocycles. The fraction of sp³-hybridized carbons (Fsp3) is 0.261. The van der Waals surface area contributed by atoms with Crippen molar-refractivity contribution in [3.63, 3.8) is 0 Å². The SMILES string of the molecule is CCCc1ccc(OCC(=O)Nc2cccc(Nc3nc(C)cc(C)n3)c2)cc1. The van der Waals surface area contributed by atoms with E-state index in [0.717, 1.165) is 29.9 Å². The Morgan fingerprint density at radius 2 is 1.66 bits per heavy atom. The van der Waals surface area contributed by atoms with Crippen LogP contribution in [0.15, 0.2) is 54.6 Å². The van der Waals surface area contributed by atoms with E-state index in [2.05, 4.69) is 27.5 Å². The van der Waals surface area contributed by atoms with Crippen molar-refractivity contribution >= 4 is 23.2 Å². The second-order valence-electron chi connectivity index (χ2n) is 6.91. The number of hydrogen-bond donors (Lipinski definition) is 2. The summed E-state index contributed by atoms with van der Waals surface area (Å²) in [7, 11) is 0. The molecule has 2 N–H and O–H groups in total. The Balaban J connectivity index is 1.55. The van der Waals surface area contributed by atoms with Crippen molar-refractivity contribution in [1.29, 1.82) is 0 Å². The molecule has 29 heavy (non-hydrogen) atoms. The number of rotatable bonds is 8. The van der Waals surface area contributed by atoms with Gasteiger partial charge in [-0.15, -0.1) is 0 Å². The molecule has 6 nitrogen and oxygen atoms in total. The van der Waals surface area contributed by atoms with Crippen molar-refractivity contribution in [2.45, 2.75) is 33.6 Å². The lowest BCUT2D eigenvalue weighted by Crippen LogP contribution is -2.20. The second-order valence-corrected chi connectivity index (χ2v) is 6.91. The van der Waals surface area contributed by atoms with Crippen LogP contribution in [-0.2, 0) is 11.2 Å². The van der Waals surface area contributed by atoms with E-state index in [1.165, 1.54) is 5.56 Å². The van der Waals surface area contributed by atoms with Gasteiger partial charge >= 0.3 is 0 Å². The standard InChI is InChI=1S/C23H26N4O2/c1-4-6-18-9-11-21(12-10-18)29-15-22(28)26-19-7-5-8-20(14-19)27-23-24-16(2)13-17(3)25-23/h5,7-14H,4,6,15H2,1-3H3,(H,26,28)(H,24,25,27). The highest BCUT2D eigenvalue weighted by Gasteiger charge is 2.06. The molecule has 0 saturated heterocycles. The van der Waals surface area contributed by atoms with Crippen molar-refractivity contribution in [2.75, 3.05) is 17.2 Å². The van der Waals surface area contributed by atoms with Gasteiger partial charge in [-0.3, -0.25) is 4.79 Å². The summed E-state index contributed by atoms with van der Waals surface area (Å²) in [5, 5.41) is 6.02. The molecular weight excluding hydrogens is 364 g/mol. The van der Waals surface area contributed by atoms with Gasteiger partial charge in [-0.05, 0) is 62.2 Å². The largest absolute Gasteiger partial charge is 0.484 e. The maximum Gasteiger partial charge on any atom is 0.262 e. The summed E-state index contributed by atoms with van der Waals surface area (Å²) in [6.45, 7) is 5.95. The molecule has 0 unspecified atom stereocenters. The van der Waals surface area contributed by atoms with Gasteiger partial charge in [0.05, 0.1) is 0 Å². The third kappa shape index (κ3) is 6.31. The first-order valence-electron chi connectivity index (χ1n) is 9.73. The summed E-state index contributed by atoms with van der Waals surface area (Å²) in [6, 6.07) is 17.2. The molecular formula is C23H26N4O2. The summed E-state index contributed by atoms with van der Waals surface area (Å²) in [5.74, 6) is 0.991. The molecule has 3 rings (SSSR count). The van der Waals surface area contributed by atoms with E-state index < -0.39 is 0 Å². The van der Waals surface area contributed by atoms with E-state index in [9.17, 15) is 4.79 Å². The van der Waals surface area contributed by atoms with Gasteiger partial charge in [-0.1, -0.05) is 31.5 Å². The van der Waals surface area contributed by atoms with Gasteiger partial charge < -0.3 is 15.4 Å². The number of ether oxygens (including phenoxy) is 1. The van der Waals surface area contributed by atoms with Gasteiger partial charge in [-0.2, -0.15) is 0 Å². The lowest BCUT2D eigenvalue weighted by atomic mass is 10.1. The number of nitrogens with one attached hydrogen (secondary N) is 2. The van der Waals surface area contributed by atoms with Crippen LogP contribution in [0.2, 0.25) is 0 Å². The molecule has 0 radical (unpaired) electrons. The smallest absolute Gasteiger partial charge is 0.262 e. The molecule has 0 spiro atoms. The van der Waals surface area contributed by atoms with Crippen molar-refractivity contribution in [2.24, 2.45) is 0 Å². The zero-order chi connectivity index (χ0) is 20.6. The van der Waals surface area contributed by atoms with E-state index in [4.69, 9.17) is 4.74 Å². The number of benzene rings is 2. The topological polar surface area (TPSA) is 76.1 Å². The number of hydrogen-bond acceptors (Lipinski definition) is 5. The average molecular weight is 390 g/mol. The monoisotopic (exact) mass is 390 g/mol. The molecule has 6 heteroatoms. The number of anilines is 3. The predicted molar refractivity (Wildman–Crippen MR) is 116 cm³/mol. The van der Waals surface area contributed by atoms with E-state index in [0.29, 0.717) is 17.4 Å². The van der Waals surface area contributed by atoms with Crippen LogP contribution in [0.4, 0.5) is 17.3 Å². The summed E-state index contributed by atoms with van der Waals surface area (Å²) >= 11 is 0. The minimum atomic E-state index is -0.220. The van der Waals surface area contributed by atoms with Crippen molar-refractivity contribution in [3.8, 4) is 5.75 Å². The van der Waals surface area contributed by atoms with Crippen LogP contribution in [0.1, 0.15) is 30.3 Å². The van der Waals surface area contributed by atoms with Crippen LogP contribution in [-0.4, -0.2) is 22.5 Å². The number of carbonyl (C=O) groups excluding carboxylic acids is 1. The molecule has 3 aromatic rings. The minimum absolute atomic E-state index is 0.0506. The van der Waals surface area contributed by atoms with Gasteiger partial charge in [0.2, 0.25) is 5.95 Å². The van der Waals surface area contributed by atoms with Gasteiger partial charge in [0.25, 0.3) is 5.91 Å². The van der Waals surface area contributed by atoms with Gasteiger partial charge in [0.1, 0.15) is 5.75 Å². The molecule has 1 heterocycles. The molecule has 0 bridgehead atoms. The maximum atomic E-state index is 12.2. The van der Waals surface area contributed by atoms with E-state index in [1.807, 2.05) is 68.4 Å². The number of aromatic nitrogens is 2. The average Bonchev–Trinajstić information content (AvgIpc) is 2.67. The van der Waals surface area contributed by atoms with E-state index in [1.54, 1.807) is 0 Å². The molecule has 0 aliphatic rings. The van der Waals surface area contributed by atoms with Gasteiger partial charge in [-0.25, -0.2) is 9.97 Å². The Labute approximate surface area is 171 Å². The Morgan fingerprint density at radius 1 is 0.966 bits per heavy atom. The quantitative estimate of drug-likeness (QED) is 0.577. The highest BCUT2D eigenvalue weighted by molar-refractivity contribution is 5.92. The molecule has 0 saturated carbocycles. The lowest BCUT2D eigenvalue weighted by molar-refractivity contribution is -0.118. The Hall–Kier alpha value is -3.41. The van der Waals surface area contributed by atoms with Crippen LogP contribution in [0, 0.1) is 13.8 Å². The van der Waals surface area contributed by atoms with Crippen LogP contribution in [0.25, 0.3) is 0 Å². The Bertz CT molecular complexity index is 951. The fourth-order valence-corrected chi connectivity index (χ4v) is 2.97. The predicted octanol–water partition coefficient (Wildman–Crippen LogP) is 4.81. The highest BCUT2D eigenvalue weighted by atomic mass is 16.5. The zero-order valence-corrected chi connectivity index (χ0v) is 17.0. The van der Waals surface area contributed by atoms with Gasteiger partial charge in [0.15, 0.2) is 6.61 Å². The normalized spacial score (nSPS) is 10.4. The number of aryl methyl sites for hydroxylation is 3. The number of nitrogens with zero attached hydrogens (tertiary/aromatic N) is 2. The molecule has 2 aromatic carbocycles. The third-order valence-electron chi connectivity index (χ3n) is 4.22. The van der Waals surface area contributed by atoms with Gasteiger partial charge in [0, 0.05) is 22.8 Å². The molecule has 1 amide bonds. The van der Waals surface area contributed by atoms with E-state index >= 15 is 0 Å². The summed E-state index contributed by atoms with van der Waals surface area (Å²) in [6.07, 6.45) is 2.14. The van der Waals surface area contributed by atoms with E-state index in [-0.39, 0.29) is 12.5 Å². The summed E-state index contributed by atoms with van der Waals surface area (Å²) in [4.78, 5) is 21.0. The summed E-state index contributed by atoms with van der Waals surface area (Å²) < 4.78 is 5.58. The maximum absolute atomic E-state index is 12.2. The second kappa shape index (κ2) is 9.68. The first-order valence-corrected chi connectivity index (χ1v) is 9.73. The van der Waals surface area contributed by atoms with Crippen molar-refractivity contribution < 1.29 is 9.53 Å². The number of carbonyl (C=O) groups is 1. The molecule has 1 aromatic heterocycles. The lowest BCUT2D eigenvalue weighted by Gasteiger charge is -2.10. The Kier molecular flexibility index (Phi) is 6.79. The molecule has 0 fully saturated rings. The first-order chi connectivity index (χ1) is 14.0.